The van der Waals surface area contributed by atoms with Gasteiger partial charge >= 0.3 is 0 Å². The lowest BCUT2D eigenvalue weighted by Crippen LogP contribution is -2.19. The Kier molecular flexibility index (Phi) is 8.11. The molecule has 0 amide bonds. The summed E-state index contributed by atoms with van der Waals surface area (Å²) in [6, 6.07) is 74.5. The van der Waals surface area contributed by atoms with Crippen LogP contribution in [0.25, 0.3) is 71.6 Å². The van der Waals surface area contributed by atoms with Crippen LogP contribution in [-0.2, 0) is 6.42 Å². The van der Waals surface area contributed by atoms with E-state index in [0.29, 0.717) is 0 Å². The van der Waals surface area contributed by atoms with Gasteiger partial charge in [0.1, 0.15) is 0 Å². The minimum atomic E-state index is 0.176. The molecular formula is C56H42N2. The Balaban J connectivity index is 1.05. The SMILES string of the molecule is Cc1ccc(-c2cc3cc4c(cc3n2-c2ccc(-c3cccc5ccccc35)cc2)CC(c2ccc(C)cc2)N4c2ccc(-c3cccc4ccccc34)cc2)cc1. The third-order valence-corrected chi connectivity index (χ3v) is 12.3. The second-order valence-electron chi connectivity index (χ2n) is 15.9. The van der Waals surface area contributed by atoms with Gasteiger partial charge in [0.05, 0.1) is 17.3 Å². The average Bonchev–Trinajstić information content (AvgIpc) is 3.84. The fourth-order valence-electron chi connectivity index (χ4n) is 9.28. The van der Waals surface area contributed by atoms with Gasteiger partial charge in [-0.25, -0.2) is 0 Å². The first-order valence-corrected chi connectivity index (χ1v) is 20.3. The van der Waals surface area contributed by atoms with Gasteiger partial charge in [-0.05, 0) is 123 Å². The normalized spacial score (nSPS) is 13.8. The number of rotatable bonds is 6. The highest BCUT2D eigenvalue weighted by Gasteiger charge is 2.33. The van der Waals surface area contributed by atoms with Gasteiger partial charge in [0.2, 0.25) is 0 Å². The van der Waals surface area contributed by atoms with E-state index in [2.05, 4.69) is 224 Å². The van der Waals surface area contributed by atoms with Crippen molar-refractivity contribution < 1.29 is 0 Å². The van der Waals surface area contributed by atoms with E-state index in [9.17, 15) is 0 Å². The monoisotopic (exact) mass is 742 g/mol. The Labute approximate surface area is 339 Å². The highest BCUT2D eigenvalue weighted by Crippen LogP contribution is 2.48. The van der Waals surface area contributed by atoms with Crippen molar-refractivity contribution in [3.63, 3.8) is 0 Å². The maximum Gasteiger partial charge on any atom is 0.0632 e. The van der Waals surface area contributed by atoms with Crippen molar-refractivity contribution in [3.05, 3.63) is 222 Å². The quantitative estimate of drug-likeness (QED) is 0.165. The van der Waals surface area contributed by atoms with E-state index in [0.717, 1.165) is 12.1 Å². The van der Waals surface area contributed by atoms with Crippen molar-refractivity contribution in [2.24, 2.45) is 0 Å². The standard InChI is InChI=1S/C56H42N2/c1-37-17-21-43(22-18-37)53-33-45-35-56-46(36-55(45)57(53)47-29-25-41(26-30-47)51-15-7-11-39-9-3-5-13-49(39)51)34-54(44-23-19-38(2)20-24-44)58(56)48-31-27-42(28-32-48)52-16-8-12-40-10-4-6-14-50(40)52/h3-33,35-36,54H,34H2,1-2H3. The number of nitrogens with zero attached hydrogens (tertiary/aromatic N) is 2. The Morgan fingerprint density at radius 2 is 0.948 bits per heavy atom. The van der Waals surface area contributed by atoms with Crippen LogP contribution in [0.1, 0.15) is 28.3 Å². The first-order chi connectivity index (χ1) is 28.6. The minimum Gasteiger partial charge on any atom is -0.333 e. The van der Waals surface area contributed by atoms with Crippen molar-refractivity contribution in [3.8, 4) is 39.2 Å². The van der Waals surface area contributed by atoms with Crippen molar-refractivity contribution in [2.75, 3.05) is 4.90 Å². The molecule has 0 N–H and O–H groups in total. The van der Waals surface area contributed by atoms with E-state index in [1.165, 1.54) is 99.6 Å². The number of fused-ring (bicyclic) bond motifs is 4. The lowest BCUT2D eigenvalue weighted by molar-refractivity contribution is 0.743. The molecule has 2 heterocycles. The summed E-state index contributed by atoms with van der Waals surface area (Å²) < 4.78 is 2.47. The maximum atomic E-state index is 2.58. The van der Waals surface area contributed by atoms with E-state index in [-0.39, 0.29) is 6.04 Å². The van der Waals surface area contributed by atoms with Crippen LogP contribution in [0.15, 0.2) is 200 Å². The summed E-state index contributed by atoms with van der Waals surface area (Å²) >= 11 is 0. The average molecular weight is 743 g/mol. The van der Waals surface area contributed by atoms with Crippen molar-refractivity contribution in [1.82, 2.24) is 4.57 Å². The summed E-state index contributed by atoms with van der Waals surface area (Å²) in [5.74, 6) is 0. The highest BCUT2D eigenvalue weighted by atomic mass is 15.2. The predicted octanol–water partition coefficient (Wildman–Crippen LogP) is 15.0. The molecule has 1 unspecified atom stereocenters. The van der Waals surface area contributed by atoms with Crippen LogP contribution in [0.3, 0.4) is 0 Å². The van der Waals surface area contributed by atoms with Crippen molar-refractivity contribution in [2.45, 2.75) is 26.3 Å². The number of aryl methyl sites for hydroxylation is 2. The molecule has 10 aromatic rings. The molecule has 1 atom stereocenters. The van der Waals surface area contributed by atoms with Crippen LogP contribution < -0.4 is 4.90 Å². The molecule has 0 fully saturated rings. The van der Waals surface area contributed by atoms with Crippen molar-refractivity contribution in [1.29, 1.82) is 0 Å². The van der Waals surface area contributed by atoms with Gasteiger partial charge in [-0.3, -0.25) is 0 Å². The Morgan fingerprint density at radius 3 is 1.55 bits per heavy atom. The van der Waals surface area contributed by atoms with E-state index in [1.54, 1.807) is 0 Å². The van der Waals surface area contributed by atoms with Crippen LogP contribution in [-0.4, -0.2) is 4.57 Å². The highest BCUT2D eigenvalue weighted by molar-refractivity contribution is 5.99. The van der Waals surface area contributed by atoms with Crippen LogP contribution in [0.4, 0.5) is 11.4 Å². The topological polar surface area (TPSA) is 8.17 Å². The molecular weight excluding hydrogens is 701 g/mol. The number of aromatic nitrogens is 1. The van der Waals surface area contributed by atoms with Gasteiger partial charge in [-0.1, -0.05) is 169 Å². The molecule has 1 aliphatic heterocycles. The molecule has 0 spiro atoms. The Morgan fingerprint density at radius 1 is 0.431 bits per heavy atom. The summed E-state index contributed by atoms with van der Waals surface area (Å²) in [7, 11) is 0. The number of benzene rings is 9. The van der Waals surface area contributed by atoms with Crippen molar-refractivity contribution >= 4 is 43.8 Å². The third kappa shape index (κ3) is 5.80. The van der Waals surface area contributed by atoms with Crippen LogP contribution in [0.5, 0.6) is 0 Å². The van der Waals surface area contributed by atoms with E-state index < -0.39 is 0 Å². The third-order valence-electron chi connectivity index (χ3n) is 12.3. The van der Waals surface area contributed by atoms with E-state index >= 15 is 0 Å². The second-order valence-corrected chi connectivity index (χ2v) is 15.9. The molecule has 0 aliphatic carbocycles. The van der Waals surface area contributed by atoms with E-state index in [1.807, 2.05) is 0 Å². The number of anilines is 2. The molecule has 2 nitrogen and oxygen atoms in total. The minimum absolute atomic E-state index is 0.176. The van der Waals surface area contributed by atoms with Crippen LogP contribution in [0, 0.1) is 13.8 Å². The zero-order valence-corrected chi connectivity index (χ0v) is 32.7. The van der Waals surface area contributed by atoms with Gasteiger partial charge in [0.15, 0.2) is 0 Å². The molecule has 11 rings (SSSR count). The molecule has 1 aliphatic rings. The number of hydrogen-bond donors (Lipinski definition) is 0. The molecule has 9 aromatic carbocycles. The largest absolute Gasteiger partial charge is 0.333 e. The fourth-order valence-corrected chi connectivity index (χ4v) is 9.28. The van der Waals surface area contributed by atoms with Crippen LogP contribution >= 0.6 is 0 Å². The molecule has 0 bridgehead atoms. The Bertz CT molecular complexity index is 3120. The smallest absolute Gasteiger partial charge is 0.0632 e. The zero-order chi connectivity index (χ0) is 38.7. The Hall–Kier alpha value is -7.16. The zero-order valence-electron chi connectivity index (χ0n) is 32.7. The molecule has 276 valence electrons. The van der Waals surface area contributed by atoms with Gasteiger partial charge in [-0.15, -0.1) is 0 Å². The van der Waals surface area contributed by atoms with Gasteiger partial charge < -0.3 is 9.47 Å². The lowest BCUT2D eigenvalue weighted by atomic mass is 9.97. The molecule has 0 saturated carbocycles. The molecule has 58 heavy (non-hydrogen) atoms. The molecule has 0 saturated heterocycles. The summed E-state index contributed by atoms with van der Waals surface area (Å²) in [6.45, 7) is 4.33. The lowest BCUT2D eigenvalue weighted by Gasteiger charge is -2.28. The molecule has 2 heteroatoms. The first kappa shape index (κ1) is 34.1. The summed E-state index contributed by atoms with van der Waals surface area (Å²) in [5, 5.41) is 6.31. The van der Waals surface area contributed by atoms with Gasteiger partial charge in [0, 0.05) is 22.4 Å². The second kappa shape index (κ2) is 13.8. The molecule has 1 aromatic heterocycles. The first-order valence-electron chi connectivity index (χ1n) is 20.3. The van der Waals surface area contributed by atoms with E-state index in [4.69, 9.17) is 0 Å². The summed E-state index contributed by atoms with van der Waals surface area (Å²) in [6.07, 6.45) is 0.921. The van der Waals surface area contributed by atoms with Crippen LogP contribution in [0.2, 0.25) is 0 Å². The van der Waals surface area contributed by atoms with Gasteiger partial charge in [-0.2, -0.15) is 0 Å². The molecule has 0 radical (unpaired) electrons. The van der Waals surface area contributed by atoms with Gasteiger partial charge in [0.25, 0.3) is 0 Å². The fraction of sp³-hybridized carbons (Fsp3) is 0.0714. The maximum absolute atomic E-state index is 2.58. The number of hydrogen-bond acceptors (Lipinski definition) is 1. The summed E-state index contributed by atoms with van der Waals surface area (Å²) in [5.41, 5.74) is 17.5. The summed E-state index contributed by atoms with van der Waals surface area (Å²) in [4.78, 5) is 2.58. The predicted molar refractivity (Wildman–Crippen MR) is 246 cm³/mol.